The first kappa shape index (κ1) is 25.0. The summed E-state index contributed by atoms with van der Waals surface area (Å²) in [6.07, 6.45) is -3.46. The quantitative estimate of drug-likeness (QED) is 0.693. The lowest BCUT2D eigenvalue weighted by molar-refractivity contribution is -0.192. The number of aromatic nitrogens is 2. The Bertz CT molecular complexity index is 789. The van der Waals surface area contributed by atoms with Gasteiger partial charge >= 0.3 is 12.1 Å². The maximum atomic E-state index is 12.5. The first-order valence-electron chi connectivity index (χ1n) is 8.43. The summed E-state index contributed by atoms with van der Waals surface area (Å²) in [4.78, 5) is 17.6. The van der Waals surface area contributed by atoms with Crippen LogP contribution in [0.5, 0.6) is 0 Å². The van der Waals surface area contributed by atoms with Gasteiger partial charge in [-0.05, 0) is 19.9 Å². The molecule has 1 atom stereocenters. The molecule has 2 rings (SSSR count). The molecule has 0 spiro atoms. The van der Waals surface area contributed by atoms with Crippen molar-refractivity contribution in [2.24, 2.45) is 0 Å². The molecule has 1 aliphatic rings. The number of alkyl halides is 3. The second-order valence-corrected chi connectivity index (χ2v) is 8.49. The lowest BCUT2D eigenvalue weighted by Gasteiger charge is -2.35. The van der Waals surface area contributed by atoms with Crippen LogP contribution in [0.4, 0.5) is 19.0 Å². The molecule has 10 nitrogen and oxygen atoms in total. The molecule has 0 bridgehead atoms. The van der Waals surface area contributed by atoms with Crippen molar-refractivity contribution in [2.45, 2.75) is 32.1 Å². The van der Waals surface area contributed by atoms with Gasteiger partial charge in [0.05, 0.1) is 13.2 Å². The fourth-order valence-electron chi connectivity index (χ4n) is 2.19. The highest BCUT2D eigenvalue weighted by Gasteiger charge is 2.38. The first-order valence-corrected chi connectivity index (χ1v) is 9.83. The largest absolute Gasteiger partial charge is 0.490 e. The van der Waals surface area contributed by atoms with Gasteiger partial charge in [0.2, 0.25) is 0 Å². The zero-order chi connectivity index (χ0) is 22.4. The van der Waals surface area contributed by atoms with Crippen LogP contribution in [0, 0.1) is 0 Å². The van der Waals surface area contributed by atoms with E-state index in [9.17, 15) is 21.6 Å². The highest BCUT2D eigenvalue weighted by Crippen LogP contribution is 2.26. The van der Waals surface area contributed by atoms with Gasteiger partial charge in [-0.25, -0.2) is 14.8 Å². The third kappa shape index (κ3) is 7.38. The van der Waals surface area contributed by atoms with Crippen LogP contribution in [-0.2, 0) is 19.7 Å². The molecular formula is C15H24F3N5O5S. The van der Waals surface area contributed by atoms with Crippen molar-refractivity contribution in [1.29, 1.82) is 0 Å². The van der Waals surface area contributed by atoms with Gasteiger partial charge in [-0.15, -0.1) is 0 Å². The Hall–Kier alpha value is -2.03. The number of carboxylic acid groups (broad SMARTS) is 1. The molecule has 0 saturated carbocycles. The Kier molecular flexibility index (Phi) is 8.74. The van der Waals surface area contributed by atoms with E-state index < -0.39 is 28.4 Å². The summed E-state index contributed by atoms with van der Waals surface area (Å²) in [6, 6.07) is 1.47. The van der Waals surface area contributed by atoms with Gasteiger partial charge in [-0.3, -0.25) is 0 Å². The minimum Gasteiger partial charge on any atom is -0.475 e. The lowest BCUT2D eigenvalue weighted by atomic mass is 10.2. The maximum Gasteiger partial charge on any atom is 0.490 e. The molecule has 1 saturated heterocycles. The summed E-state index contributed by atoms with van der Waals surface area (Å²) < 4.78 is 64.7. The SMILES string of the molecule is CC(C)Nc1ccnc(C2COCCN2S(=O)(=O)N(C)C)n1.O=C(O)C(F)(F)F. The van der Waals surface area contributed by atoms with Crippen LogP contribution in [0.2, 0.25) is 0 Å². The summed E-state index contributed by atoms with van der Waals surface area (Å²) in [5, 5.41) is 10.3. The molecule has 29 heavy (non-hydrogen) atoms. The molecule has 2 heterocycles. The van der Waals surface area contributed by atoms with Crippen LogP contribution >= 0.6 is 0 Å². The average Bonchev–Trinajstić information content (AvgIpc) is 2.61. The number of nitrogens with one attached hydrogen (secondary N) is 1. The number of ether oxygens (including phenoxy) is 1. The monoisotopic (exact) mass is 443 g/mol. The Morgan fingerprint density at radius 3 is 2.48 bits per heavy atom. The van der Waals surface area contributed by atoms with E-state index in [0.717, 1.165) is 0 Å². The number of hydrogen-bond donors (Lipinski definition) is 2. The summed E-state index contributed by atoms with van der Waals surface area (Å²) in [6.45, 7) is 4.92. The number of aliphatic carboxylic acids is 1. The molecule has 1 fully saturated rings. The predicted octanol–water partition coefficient (Wildman–Crippen LogP) is 1.11. The number of carboxylic acids is 1. The molecule has 14 heteroatoms. The topological polar surface area (TPSA) is 125 Å². The molecular weight excluding hydrogens is 419 g/mol. The third-order valence-electron chi connectivity index (χ3n) is 3.49. The van der Waals surface area contributed by atoms with Crippen LogP contribution < -0.4 is 5.32 Å². The first-order chi connectivity index (χ1) is 13.3. The number of anilines is 1. The Morgan fingerprint density at radius 1 is 1.41 bits per heavy atom. The Balaban J connectivity index is 0.000000516. The van der Waals surface area contributed by atoms with Crippen LogP contribution in [0.3, 0.4) is 0 Å². The highest BCUT2D eigenvalue weighted by atomic mass is 32.2. The fourth-order valence-corrected chi connectivity index (χ4v) is 3.39. The molecule has 1 aromatic heterocycles. The summed E-state index contributed by atoms with van der Waals surface area (Å²) in [7, 11) is -0.520. The third-order valence-corrected chi connectivity index (χ3v) is 5.44. The number of morpholine rings is 1. The molecule has 1 unspecified atom stereocenters. The molecule has 0 amide bonds. The van der Waals surface area contributed by atoms with Crippen LogP contribution in [-0.4, -0.2) is 84.1 Å². The van der Waals surface area contributed by atoms with Crippen molar-refractivity contribution in [3.63, 3.8) is 0 Å². The minimum atomic E-state index is -5.08. The fraction of sp³-hybridized carbons (Fsp3) is 0.667. The molecule has 1 aliphatic heterocycles. The number of carbonyl (C=O) groups is 1. The van der Waals surface area contributed by atoms with E-state index >= 15 is 0 Å². The van der Waals surface area contributed by atoms with Crippen molar-refractivity contribution in [3.05, 3.63) is 18.1 Å². The molecule has 0 aromatic carbocycles. The second kappa shape index (κ2) is 10.1. The van der Waals surface area contributed by atoms with E-state index in [4.69, 9.17) is 14.6 Å². The standard InChI is InChI=1S/C13H23N5O3S.C2HF3O2/c1-10(2)15-12-5-6-14-13(16-12)11-9-21-8-7-18(11)22(19,20)17(3)4;3-2(4,5)1(6)7/h5-6,10-11H,7-9H2,1-4H3,(H,14,15,16);(H,6,7). The smallest absolute Gasteiger partial charge is 0.475 e. The van der Waals surface area contributed by atoms with E-state index in [0.29, 0.717) is 18.2 Å². The van der Waals surface area contributed by atoms with Gasteiger partial charge in [0.25, 0.3) is 10.2 Å². The summed E-state index contributed by atoms with van der Waals surface area (Å²) >= 11 is 0. The Labute approximate surface area is 166 Å². The Morgan fingerprint density at radius 2 is 2.00 bits per heavy atom. The minimum absolute atomic E-state index is 0.229. The summed E-state index contributed by atoms with van der Waals surface area (Å²) in [5.41, 5.74) is 0. The van der Waals surface area contributed by atoms with Gasteiger partial charge in [-0.2, -0.15) is 30.2 Å². The van der Waals surface area contributed by atoms with E-state index in [1.807, 2.05) is 13.8 Å². The van der Waals surface area contributed by atoms with E-state index in [1.165, 1.54) is 22.7 Å². The lowest BCUT2D eigenvalue weighted by Crippen LogP contribution is -2.48. The summed E-state index contributed by atoms with van der Waals surface area (Å²) in [5.74, 6) is -1.64. The van der Waals surface area contributed by atoms with E-state index in [1.54, 1.807) is 12.3 Å². The van der Waals surface area contributed by atoms with Crippen molar-refractivity contribution >= 4 is 22.0 Å². The zero-order valence-corrected chi connectivity index (χ0v) is 17.2. The number of nitrogens with zero attached hydrogens (tertiary/aromatic N) is 4. The molecule has 2 N–H and O–H groups in total. The van der Waals surface area contributed by atoms with Crippen LogP contribution in [0.15, 0.2) is 12.3 Å². The number of hydrogen-bond acceptors (Lipinski definition) is 7. The van der Waals surface area contributed by atoms with Crippen LogP contribution in [0.1, 0.15) is 25.7 Å². The number of halogens is 3. The van der Waals surface area contributed by atoms with Gasteiger partial charge in [0.1, 0.15) is 11.9 Å². The van der Waals surface area contributed by atoms with Gasteiger partial charge in [0.15, 0.2) is 5.82 Å². The number of rotatable bonds is 5. The van der Waals surface area contributed by atoms with E-state index in [2.05, 4.69) is 15.3 Å². The predicted molar refractivity (Wildman–Crippen MR) is 97.4 cm³/mol. The molecule has 1 aromatic rings. The van der Waals surface area contributed by atoms with Crippen molar-refractivity contribution in [1.82, 2.24) is 18.6 Å². The zero-order valence-electron chi connectivity index (χ0n) is 16.3. The molecule has 0 radical (unpaired) electrons. The average molecular weight is 443 g/mol. The van der Waals surface area contributed by atoms with Crippen molar-refractivity contribution in [3.8, 4) is 0 Å². The second-order valence-electron chi connectivity index (χ2n) is 6.39. The normalized spacial score (nSPS) is 18.3. The van der Waals surface area contributed by atoms with Crippen LogP contribution in [0.25, 0.3) is 0 Å². The molecule has 166 valence electrons. The van der Waals surface area contributed by atoms with Crippen molar-refractivity contribution in [2.75, 3.05) is 39.2 Å². The molecule has 0 aliphatic carbocycles. The highest BCUT2D eigenvalue weighted by molar-refractivity contribution is 7.86. The van der Waals surface area contributed by atoms with E-state index in [-0.39, 0.29) is 19.2 Å². The van der Waals surface area contributed by atoms with Gasteiger partial charge < -0.3 is 15.2 Å². The maximum absolute atomic E-state index is 12.5. The van der Waals surface area contributed by atoms with Crippen molar-refractivity contribution < 1.29 is 36.2 Å². The van der Waals surface area contributed by atoms with Gasteiger partial charge in [0, 0.05) is 32.9 Å². The van der Waals surface area contributed by atoms with Gasteiger partial charge in [-0.1, -0.05) is 0 Å².